The number of nitrogens with zero attached hydrogens (tertiary/aromatic N) is 2. The number of urea groups is 1. The summed E-state index contributed by atoms with van der Waals surface area (Å²) >= 11 is 9.41. The van der Waals surface area contributed by atoms with E-state index in [-0.39, 0.29) is 11.9 Å². The van der Waals surface area contributed by atoms with Crippen molar-refractivity contribution < 1.29 is 9.59 Å². The van der Waals surface area contributed by atoms with E-state index < -0.39 is 0 Å². The van der Waals surface area contributed by atoms with Gasteiger partial charge in [0.1, 0.15) is 0 Å². The lowest BCUT2D eigenvalue weighted by molar-refractivity contribution is 0.0935. The van der Waals surface area contributed by atoms with Crippen LogP contribution in [0.3, 0.4) is 0 Å². The summed E-state index contributed by atoms with van der Waals surface area (Å²) in [6.45, 7) is 2.07. The number of nitrogens with one attached hydrogen (secondary N) is 1. The first-order valence-electron chi connectivity index (χ1n) is 7.58. The van der Waals surface area contributed by atoms with Gasteiger partial charge in [0, 0.05) is 38.2 Å². The monoisotopic (exact) mass is 401 g/mol. The molecule has 0 unspecified atom stereocenters. The maximum atomic E-state index is 12.2. The van der Waals surface area contributed by atoms with Gasteiger partial charge in [0.05, 0.1) is 10.6 Å². The second-order valence-electron chi connectivity index (χ2n) is 5.94. The summed E-state index contributed by atoms with van der Waals surface area (Å²) < 4.78 is 0.822. The highest BCUT2D eigenvalue weighted by atomic mass is 79.9. The van der Waals surface area contributed by atoms with Crippen LogP contribution >= 0.6 is 27.5 Å². The second kappa shape index (κ2) is 8.02. The SMILES string of the molecule is CN(C)C(=O)N1CCC(CNC(=O)c2cc(Br)ccc2Cl)CC1. The van der Waals surface area contributed by atoms with Crippen LogP contribution in [0.2, 0.25) is 5.02 Å². The van der Waals surface area contributed by atoms with Gasteiger partial charge >= 0.3 is 6.03 Å². The molecule has 23 heavy (non-hydrogen) atoms. The first-order chi connectivity index (χ1) is 10.9. The molecule has 1 aromatic carbocycles. The van der Waals surface area contributed by atoms with Crippen molar-refractivity contribution in [2.45, 2.75) is 12.8 Å². The van der Waals surface area contributed by atoms with Crippen molar-refractivity contribution in [3.05, 3.63) is 33.3 Å². The third kappa shape index (κ3) is 4.85. The summed E-state index contributed by atoms with van der Waals surface area (Å²) in [5.74, 6) is 0.221. The number of benzene rings is 1. The molecule has 1 saturated heterocycles. The lowest BCUT2D eigenvalue weighted by Crippen LogP contribution is -2.45. The molecule has 2 rings (SSSR count). The Balaban J connectivity index is 1.82. The summed E-state index contributed by atoms with van der Waals surface area (Å²) in [5.41, 5.74) is 0.473. The van der Waals surface area contributed by atoms with Gasteiger partial charge in [-0.25, -0.2) is 4.79 Å². The van der Waals surface area contributed by atoms with Gasteiger partial charge in [-0.05, 0) is 37.0 Å². The van der Waals surface area contributed by atoms with Crippen molar-refractivity contribution >= 4 is 39.5 Å². The summed E-state index contributed by atoms with van der Waals surface area (Å²) in [5, 5.41) is 3.39. The topological polar surface area (TPSA) is 52.7 Å². The zero-order chi connectivity index (χ0) is 17.0. The van der Waals surface area contributed by atoms with Crippen LogP contribution in [-0.2, 0) is 0 Å². The van der Waals surface area contributed by atoms with Crippen molar-refractivity contribution in [3.8, 4) is 0 Å². The highest BCUT2D eigenvalue weighted by Crippen LogP contribution is 2.21. The van der Waals surface area contributed by atoms with E-state index in [4.69, 9.17) is 11.6 Å². The Hall–Kier alpha value is -1.27. The molecule has 0 atom stereocenters. The van der Waals surface area contributed by atoms with Gasteiger partial charge in [-0.2, -0.15) is 0 Å². The van der Waals surface area contributed by atoms with E-state index in [0.717, 1.165) is 30.4 Å². The Morgan fingerprint density at radius 2 is 2.00 bits per heavy atom. The van der Waals surface area contributed by atoms with Crippen LogP contribution < -0.4 is 5.32 Å². The molecule has 1 aliphatic rings. The molecule has 0 bridgehead atoms. The molecule has 0 saturated carbocycles. The summed E-state index contributed by atoms with van der Waals surface area (Å²) in [7, 11) is 3.52. The molecule has 1 N–H and O–H groups in total. The number of carbonyl (C=O) groups is 2. The zero-order valence-corrected chi connectivity index (χ0v) is 15.7. The fourth-order valence-corrected chi connectivity index (χ4v) is 3.18. The van der Waals surface area contributed by atoms with E-state index in [1.807, 2.05) is 4.90 Å². The first kappa shape index (κ1) is 18.1. The minimum Gasteiger partial charge on any atom is -0.352 e. The molecule has 7 heteroatoms. The fourth-order valence-electron chi connectivity index (χ4n) is 2.61. The summed E-state index contributed by atoms with van der Waals surface area (Å²) in [6.07, 6.45) is 1.79. The van der Waals surface area contributed by atoms with Crippen molar-refractivity contribution in [2.75, 3.05) is 33.7 Å². The molecule has 3 amide bonds. The van der Waals surface area contributed by atoms with Crippen LogP contribution in [0.15, 0.2) is 22.7 Å². The predicted molar refractivity (Wildman–Crippen MR) is 94.9 cm³/mol. The lowest BCUT2D eigenvalue weighted by Gasteiger charge is -2.33. The lowest BCUT2D eigenvalue weighted by atomic mass is 9.97. The maximum absolute atomic E-state index is 12.2. The van der Waals surface area contributed by atoms with Crippen molar-refractivity contribution in [1.82, 2.24) is 15.1 Å². The van der Waals surface area contributed by atoms with E-state index in [0.29, 0.717) is 23.0 Å². The van der Waals surface area contributed by atoms with E-state index in [1.165, 1.54) is 0 Å². The van der Waals surface area contributed by atoms with Gasteiger partial charge < -0.3 is 15.1 Å². The van der Waals surface area contributed by atoms with Gasteiger partial charge in [-0.3, -0.25) is 4.79 Å². The summed E-state index contributed by atoms with van der Waals surface area (Å²) in [4.78, 5) is 27.6. The normalized spacial score (nSPS) is 15.4. The average Bonchev–Trinajstić information content (AvgIpc) is 2.54. The Labute approximate surface area is 150 Å². The largest absolute Gasteiger partial charge is 0.352 e. The number of hydrogen-bond donors (Lipinski definition) is 1. The van der Waals surface area contributed by atoms with Gasteiger partial charge in [0.15, 0.2) is 0 Å². The van der Waals surface area contributed by atoms with Gasteiger partial charge in [-0.1, -0.05) is 27.5 Å². The van der Waals surface area contributed by atoms with Crippen molar-refractivity contribution in [3.63, 3.8) is 0 Å². The fraction of sp³-hybridized carbons (Fsp3) is 0.500. The Morgan fingerprint density at radius 3 is 2.61 bits per heavy atom. The number of rotatable bonds is 3. The highest BCUT2D eigenvalue weighted by molar-refractivity contribution is 9.10. The molecule has 1 fully saturated rings. The quantitative estimate of drug-likeness (QED) is 0.844. The Kier molecular flexibility index (Phi) is 6.30. The van der Waals surface area contributed by atoms with Crippen LogP contribution in [0.1, 0.15) is 23.2 Å². The molecular weight excluding hydrogens is 382 g/mol. The Morgan fingerprint density at radius 1 is 1.35 bits per heavy atom. The molecule has 0 radical (unpaired) electrons. The van der Waals surface area contributed by atoms with Crippen molar-refractivity contribution in [1.29, 1.82) is 0 Å². The predicted octanol–water partition coefficient (Wildman–Crippen LogP) is 3.23. The van der Waals surface area contributed by atoms with Gasteiger partial charge in [0.25, 0.3) is 5.91 Å². The third-order valence-corrected chi connectivity index (χ3v) is 4.81. The molecule has 1 aromatic rings. The van der Waals surface area contributed by atoms with Crippen LogP contribution in [0.4, 0.5) is 4.79 Å². The van der Waals surface area contributed by atoms with Crippen LogP contribution in [-0.4, -0.2) is 55.5 Å². The number of likely N-dealkylation sites (tertiary alicyclic amines) is 1. The number of piperidine rings is 1. The maximum Gasteiger partial charge on any atom is 0.319 e. The minimum atomic E-state index is -0.164. The van der Waals surface area contributed by atoms with Crippen LogP contribution in [0.25, 0.3) is 0 Å². The minimum absolute atomic E-state index is 0.0494. The zero-order valence-electron chi connectivity index (χ0n) is 13.3. The standard InChI is InChI=1S/C16H21BrClN3O2/c1-20(2)16(23)21-7-5-11(6-8-21)10-19-15(22)13-9-12(17)3-4-14(13)18/h3-4,9,11H,5-8,10H2,1-2H3,(H,19,22). The Bertz CT molecular complexity index is 587. The van der Waals surface area contributed by atoms with Gasteiger partial charge in [0.2, 0.25) is 0 Å². The van der Waals surface area contributed by atoms with Crippen LogP contribution in [0.5, 0.6) is 0 Å². The molecule has 5 nitrogen and oxygen atoms in total. The van der Waals surface area contributed by atoms with E-state index in [2.05, 4.69) is 21.2 Å². The summed E-state index contributed by atoms with van der Waals surface area (Å²) in [6, 6.07) is 5.27. The van der Waals surface area contributed by atoms with Crippen molar-refractivity contribution in [2.24, 2.45) is 5.92 Å². The molecule has 0 aromatic heterocycles. The number of amides is 3. The molecule has 1 aliphatic heterocycles. The van der Waals surface area contributed by atoms with E-state index in [9.17, 15) is 9.59 Å². The molecule has 0 spiro atoms. The molecular formula is C16H21BrClN3O2. The molecule has 1 heterocycles. The highest BCUT2D eigenvalue weighted by Gasteiger charge is 2.24. The first-order valence-corrected chi connectivity index (χ1v) is 8.75. The average molecular weight is 403 g/mol. The molecule has 0 aliphatic carbocycles. The van der Waals surface area contributed by atoms with E-state index in [1.54, 1.807) is 37.2 Å². The van der Waals surface area contributed by atoms with Crippen LogP contribution in [0, 0.1) is 5.92 Å². The number of hydrogen-bond acceptors (Lipinski definition) is 2. The van der Waals surface area contributed by atoms with Gasteiger partial charge in [-0.15, -0.1) is 0 Å². The number of halogens is 2. The smallest absolute Gasteiger partial charge is 0.319 e. The number of carbonyl (C=O) groups excluding carboxylic acids is 2. The van der Waals surface area contributed by atoms with E-state index >= 15 is 0 Å². The third-order valence-electron chi connectivity index (χ3n) is 3.99. The molecule has 126 valence electrons. The second-order valence-corrected chi connectivity index (χ2v) is 7.26.